The van der Waals surface area contributed by atoms with Gasteiger partial charge in [0.05, 0.1) is 18.3 Å². The summed E-state index contributed by atoms with van der Waals surface area (Å²) in [6.45, 7) is 41.9. The van der Waals surface area contributed by atoms with Crippen LogP contribution in [-0.4, -0.2) is 122 Å². The van der Waals surface area contributed by atoms with E-state index in [0.717, 1.165) is 76.9 Å². The minimum Gasteiger partial charge on any atom is -0.458 e. The van der Waals surface area contributed by atoms with Crippen molar-refractivity contribution < 1.29 is 37.4 Å². The van der Waals surface area contributed by atoms with Crippen LogP contribution in [0, 0.1) is 17.8 Å². The third-order valence-corrected chi connectivity index (χ3v) is 21.6. The van der Waals surface area contributed by atoms with Crippen LogP contribution in [0.5, 0.6) is 0 Å². The van der Waals surface area contributed by atoms with Crippen molar-refractivity contribution in [2.24, 2.45) is 17.8 Å². The van der Waals surface area contributed by atoms with E-state index in [1.807, 2.05) is 44.2 Å². The molecule has 0 radical (unpaired) electrons. The highest BCUT2D eigenvalue weighted by Crippen LogP contribution is 2.26. The third-order valence-electron chi connectivity index (χ3n) is 18.5. The maximum absolute atomic E-state index is 14.3. The Morgan fingerprint density at radius 1 is 0.391 bits per heavy atom. The Kier molecular flexibility index (Phi) is 53.4. The number of unbranched alkanes of at least 4 members (excludes halogenated alkanes) is 28. The van der Waals surface area contributed by atoms with Crippen LogP contribution in [0.25, 0.3) is 0 Å². The standard InChI is InChI=1S/C79H156N2O8Si3/c1-17-21-25-29-33-37-41-46-54-69(5)64-80(65-73(87-90(8,9)10)59-49-42-38-34-30-26-22-18-2)62-52-55-70(6)76(82)78(83)86-77(79(84)85-68-72-57-47-45-48-58-72)71(7)56-53-63-81(66-74(88-91(11,12)13)60-50-43-39-35-31-27-23-19-3)67-75(89-92(14,15)16)61-51-44-40-36-32-28-24-20-4/h45,47-48,57-58,69-71,73-77,82H,17-44,46,49-56,59-68H2,1-16H3. The van der Waals surface area contributed by atoms with E-state index in [2.05, 4.69) is 103 Å². The molecule has 8 atom stereocenters. The molecule has 10 nitrogen and oxygen atoms in total. The Morgan fingerprint density at radius 3 is 1.05 bits per heavy atom. The fraction of sp³-hybridized carbons (Fsp3) is 0.899. The van der Waals surface area contributed by atoms with E-state index in [1.54, 1.807) is 0 Å². The average molecular weight is 1350 g/mol. The van der Waals surface area contributed by atoms with Crippen LogP contribution in [0.3, 0.4) is 0 Å². The quantitative estimate of drug-likeness (QED) is 0.0385. The van der Waals surface area contributed by atoms with Gasteiger partial charge in [0.15, 0.2) is 31.1 Å². The van der Waals surface area contributed by atoms with Gasteiger partial charge >= 0.3 is 11.9 Å². The van der Waals surface area contributed by atoms with Crippen LogP contribution < -0.4 is 0 Å². The molecule has 0 spiro atoms. The van der Waals surface area contributed by atoms with Gasteiger partial charge in [0, 0.05) is 32.1 Å². The number of rotatable bonds is 65. The number of carbonyl (C=O) groups is 2. The van der Waals surface area contributed by atoms with E-state index in [0.29, 0.717) is 18.8 Å². The van der Waals surface area contributed by atoms with Crippen molar-refractivity contribution in [3.63, 3.8) is 0 Å². The summed E-state index contributed by atoms with van der Waals surface area (Å²) >= 11 is 0. The van der Waals surface area contributed by atoms with Gasteiger partial charge in [0.25, 0.3) is 0 Å². The summed E-state index contributed by atoms with van der Waals surface area (Å²) in [6, 6.07) is 9.70. The molecule has 1 aromatic carbocycles. The molecule has 92 heavy (non-hydrogen) atoms. The number of aliphatic hydroxyl groups excluding tert-OH is 1. The Hall–Kier alpha value is -1.43. The Morgan fingerprint density at radius 2 is 0.707 bits per heavy atom. The fourth-order valence-electron chi connectivity index (χ4n) is 13.3. The van der Waals surface area contributed by atoms with Crippen LogP contribution in [-0.2, 0) is 38.9 Å². The summed E-state index contributed by atoms with van der Waals surface area (Å²) in [5.74, 6) is -1.43. The first-order chi connectivity index (χ1) is 43.9. The van der Waals surface area contributed by atoms with E-state index < -0.39 is 49.1 Å². The lowest BCUT2D eigenvalue weighted by Gasteiger charge is -2.36. The lowest BCUT2D eigenvalue weighted by molar-refractivity contribution is -0.179. The molecule has 0 aliphatic carbocycles. The van der Waals surface area contributed by atoms with Gasteiger partial charge in [-0.05, 0) is 141 Å². The highest BCUT2D eigenvalue weighted by molar-refractivity contribution is 6.70. The molecule has 0 fully saturated rings. The summed E-state index contributed by atoms with van der Waals surface area (Å²) in [5.41, 5.74) is 0.871. The lowest BCUT2D eigenvalue weighted by Crippen LogP contribution is -2.45. The Bertz CT molecular complexity index is 1800. The van der Waals surface area contributed by atoms with Gasteiger partial charge in [0.1, 0.15) is 6.61 Å². The molecule has 0 amide bonds. The maximum atomic E-state index is 14.3. The maximum Gasteiger partial charge on any atom is 0.348 e. The Balaban J connectivity index is 3.41. The molecule has 0 aliphatic rings. The van der Waals surface area contributed by atoms with E-state index in [-0.39, 0.29) is 36.8 Å². The first kappa shape index (κ1) is 88.6. The summed E-state index contributed by atoms with van der Waals surface area (Å²) in [5, 5.41) is 11.9. The largest absolute Gasteiger partial charge is 0.458 e. The summed E-state index contributed by atoms with van der Waals surface area (Å²) in [6.07, 6.45) is 47.1. The lowest BCUT2D eigenvalue weighted by atomic mass is 9.96. The molecular formula is C79H156N2O8Si3. The first-order valence-corrected chi connectivity index (χ1v) is 49.7. The molecule has 1 N–H and O–H groups in total. The van der Waals surface area contributed by atoms with Crippen molar-refractivity contribution in [2.75, 3.05) is 39.3 Å². The summed E-state index contributed by atoms with van der Waals surface area (Å²) in [7, 11) is -5.55. The monoisotopic (exact) mass is 1350 g/mol. The highest BCUT2D eigenvalue weighted by atomic mass is 28.4. The molecule has 1 rings (SSSR count). The van der Waals surface area contributed by atoms with Crippen molar-refractivity contribution in [3.8, 4) is 0 Å². The van der Waals surface area contributed by atoms with Gasteiger partial charge in [-0.2, -0.15) is 0 Å². The van der Waals surface area contributed by atoms with Crippen molar-refractivity contribution in [1.82, 2.24) is 9.80 Å². The predicted octanol–water partition coefficient (Wildman–Crippen LogP) is 22.9. The van der Waals surface area contributed by atoms with Gasteiger partial charge in [-0.15, -0.1) is 0 Å². The molecule has 0 bridgehead atoms. The second kappa shape index (κ2) is 55.4. The smallest absolute Gasteiger partial charge is 0.348 e. The predicted molar refractivity (Wildman–Crippen MR) is 405 cm³/mol. The number of aliphatic hydroxyl groups is 1. The minimum atomic E-state index is -1.87. The number of ether oxygens (including phenoxy) is 2. The number of esters is 2. The van der Waals surface area contributed by atoms with Gasteiger partial charge in [0.2, 0.25) is 6.10 Å². The molecular weight excluding hydrogens is 1190 g/mol. The minimum absolute atomic E-state index is 0.0824. The average Bonchev–Trinajstić information content (AvgIpc) is 1.24. The van der Waals surface area contributed by atoms with E-state index in [4.69, 9.17) is 22.8 Å². The summed E-state index contributed by atoms with van der Waals surface area (Å²) in [4.78, 5) is 33.9. The van der Waals surface area contributed by atoms with Gasteiger partial charge in [-0.1, -0.05) is 284 Å². The SMILES string of the molecule is CCCCCCCCCCC(C)CN(CCCC(C)C(O)C(=O)OC(C(=O)OCc1ccccc1)C(C)CCCN(CC(CCCCCCCCCC)O[Si](C)(C)C)CC(CCCCCCCCCC)O[Si](C)(C)C)CC(CCCCCCCCCC)O[Si](C)(C)C. The van der Waals surface area contributed by atoms with Gasteiger partial charge < -0.3 is 32.8 Å². The number of hydrogen-bond acceptors (Lipinski definition) is 10. The molecule has 0 saturated heterocycles. The van der Waals surface area contributed by atoms with E-state index in [9.17, 15) is 14.7 Å². The number of hydrogen-bond donors (Lipinski definition) is 1. The zero-order valence-electron chi connectivity index (χ0n) is 63.9. The number of carbonyl (C=O) groups excluding carboxylic acids is 2. The molecule has 8 unspecified atom stereocenters. The molecule has 0 aromatic heterocycles. The van der Waals surface area contributed by atoms with Crippen LogP contribution in [0.2, 0.25) is 58.9 Å². The third kappa shape index (κ3) is 51.7. The normalized spacial score (nSPS) is 15.2. The highest BCUT2D eigenvalue weighted by Gasteiger charge is 2.35. The first-order valence-electron chi connectivity index (χ1n) is 39.5. The molecule has 13 heteroatoms. The molecule has 0 heterocycles. The zero-order chi connectivity index (χ0) is 68.3. The molecule has 0 saturated carbocycles. The topological polar surface area (TPSA) is 107 Å². The Labute approximate surface area is 575 Å². The summed E-state index contributed by atoms with van der Waals surface area (Å²) < 4.78 is 33.3. The van der Waals surface area contributed by atoms with Gasteiger partial charge in [-0.25, -0.2) is 9.59 Å². The zero-order valence-corrected chi connectivity index (χ0v) is 66.9. The van der Waals surface area contributed by atoms with Crippen molar-refractivity contribution in [1.29, 1.82) is 0 Å². The van der Waals surface area contributed by atoms with Crippen molar-refractivity contribution >= 4 is 36.9 Å². The van der Waals surface area contributed by atoms with Gasteiger partial charge in [-0.3, -0.25) is 4.90 Å². The van der Waals surface area contributed by atoms with Crippen molar-refractivity contribution in [2.45, 2.75) is 401 Å². The van der Waals surface area contributed by atoms with Crippen LogP contribution >= 0.6 is 0 Å². The van der Waals surface area contributed by atoms with Crippen LogP contribution in [0.15, 0.2) is 30.3 Å². The second-order valence-corrected chi connectivity index (χ2v) is 45.3. The second-order valence-electron chi connectivity index (χ2n) is 31.9. The molecule has 0 aliphatic heterocycles. The fourth-order valence-corrected chi connectivity index (χ4v) is 16.9. The van der Waals surface area contributed by atoms with Crippen LogP contribution in [0.4, 0.5) is 0 Å². The van der Waals surface area contributed by atoms with E-state index >= 15 is 0 Å². The molecule has 1 aromatic rings. The number of benzene rings is 1. The van der Waals surface area contributed by atoms with Crippen molar-refractivity contribution in [3.05, 3.63) is 35.9 Å². The number of nitrogens with zero attached hydrogens (tertiary/aromatic N) is 2. The van der Waals surface area contributed by atoms with E-state index in [1.165, 1.54) is 212 Å². The molecule has 542 valence electrons. The van der Waals surface area contributed by atoms with Crippen LogP contribution in [0.1, 0.15) is 311 Å².